The third-order valence-corrected chi connectivity index (χ3v) is 5.42. The highest BCUT2D eigenvalue weighted by Crippen LogP contribution is 2.22. The summed E-state index contributed by atoms with van der Waals surface area (Å²) in [5.74, 6) is 0.303. The lowest BCUT2D eigenvalue weighted by atomic mass is 10.1. The van der Waals surface area contributed by atoms with E-state index in [4.69, 9.17) is 9.47 Å². The number of carbonyl (C=O) groups is 1. The minimum atomic E-state index is -0.496. The van der Waals surface area contributed by atoms with E-state index in [-0.39, 0.29) is 12.2 Å². The molecule has 2 aromatic heterocycles. The Bertz CT molecular complexity index is 1300. The van der Waals surface area contributed by atoms with Crippen LogP contribution < -0.4 is 10.3 Å². The average Bonchev–Trinajstić information content (AvgIpc) is 3.11. The lowest BCUT2D eigenvalue weighted by molar-refractivity contribution is -0.139. The van der Waals surface area contributed by atoms with Crippen molar-refractivity contribution in [1.82, 2.24) is 9.38 Å². The molecule has 4 aromatic rings. The Kier molecular flexibility index (Phi) is 5.14. The predicted molar refractivity (Wildman–Crippen MR) is 113 cm³/mol. The van der Waals surface area contributed by atoms with Crippen molar-refractivity contribution in [1.29, 1.82) is 0 Å². The molecule has 2 heterocycles. The van der Waals surface area contributed by atoms with Crippen LogP contribution in [0, 0.1) is 6.92 Å². The molecule has 0 aliphatic carbocycles. The standard InChI is InChI=1S/C22H18N2O4S/c1-14-13-29-22-23-18(11-20(25)24(14)22)12-28-21(26)8-4-15-3-5-17-10-19(27-2)7-6-16(17)9-15/h3-11,13H,12H2,1-2H3/b8-4+. The summed E-state index contributed by atoms with van der Waals surface area (Å²) in [6, 6.07) is 13.1. The fourth-order valence-electron chi connectivity index (χ4n) is 3.01. The number of thiazole rings is 1. The number of esters is 1. The largest absolute Gasteiger partial charge is 0.497 e. The average molecular weight is 406 g/mol. The SMILES string of the molecule is COc1ccc2cc(/C=C/C(=O)OCc3cc(=O)n4c(C)csc4n3)ccc2c1. The molecule has 0 atom stereocenters. The number of hydrogen-bond donors (Lipinski definition) is 0. The van der Waals surface area contributed by atoms with Gasteiger partial charge in [-0.05, 0) is 47.5 Å². The van der Waals surface area contributed by atoms with E-state index in [0.717, 1.165) is 27.8 Å². The Balaban J connectivity index is 1.43. The highest BCUT2D eigenvalue weighted by atomic mass is 32.1. The maximum Gasteiger partial charge on any atom is 0.331 e. The molecule has 0 saturated carbocycles. The smallest absolute Gasteiger partial charge is 0.331 e. The van der Waals surface area contributed by atoms with Gasteiger partial charge >= 0.3 is 5.97 Å². The van der Waals surface area contributed by atoms with Gasteiger partial charge in [-0.3, -0.25) is 9.20 Å². The van der Waals surface area contributed by atoms with Crippen molar-refractivity contribution in [2.75, 3.05) is 7.11 Å². The van der Waals surface area contributed by atoms with Crippen molar-refractivity contribution in [3.63, 3.8) is 0 Å². The molecule has 0 aliphatic heterocycles. The molecule has 146 valence electrons. The number of benzene rings is 2. The second-order valence-corrected chi connectivity index (χ2v) is 7.33. The second kappa shape index (κ2) is 7.89. The first-order valence-electron chi connectivity index (χ1n) is 8.93. The molecule has 0 aliphatic rings. The van der Waals surface area contributed by atoms with Gasteiger partial charge in [0.2, 0.25) is 0 Å². The maximum atomic E-state index is 12.2. The topological polar surface area (TPSA) is 69.9 Å². The van der Waals surface area contributed by atoms with Crippen LogP contribution in [0.3, 0.4) is 0 Å². The molecule has 0 unspecified atom stereocenters. The van der Waals surface area contributed by atoms with E-state index in [9.17, 15) is 9.59 Å². The Labute approximate surface area is 170 Å². The van der Waals surface area contributed by atoms with Crippen LogP contribution >= 0.6 is 11.3 Å². The fraction of sp³-hybridized carbons (Fsp3) is 0.136. The molecule has 0 amide bonds. The predicted octanol–water partition coefficient (Wildman–Crippen LogP) is 3.98. The minimum absolute atomic E-state index is 0.0522. The molecule has 0 fully saturated rings. The number of rotatable bonds is 5. The van der Waals surface area contributed by atoms with Crippen LogP contribution in [0.15, 0.2) is 58.7 Å². The number of methoxy groups -OCH3 is 1. The van der Waals surface area contributed by atoms with Gasteiger partial charge in [0.05, 0.1) is 12.8 Å². The molecule has 6 nitrogen and oxygen atoms in total. The van der Waals surface area contributed by atoms with Crippen LogP contribution in [-0.2, 0) is 16.1 Å². The van der Waals surface area contributed by atoms with Crippen molar-refractivity contribution in [3.8, 4) is 5.75 Å². The molecular weight excluding hydrogens is 388 g/mol. The molecule has 0 bridgehead atoms. The molecular formula is C22H18N2O4S. The van der Waals surface area contributed by atoms with Crippen LogP contribution in [0.5, 0.6) is 5.75 Å². The lowest BCUT2D eigenvalue weighted by Crippen LogP contribution is -2.16. The monoisotopic (exact) mass is 406 g/mol. The third-order valence-electron chi connectivity index (χ3n) is 4.47. The van der Waals surface area contributed by atoms with Gasteiger partial charge in [-0.1, -0.05) is 18.2 Å². The zero-order valence-electron chi connectivity index (χ0n) is 15.9. The number of aryl methyl sites for hydroxylation is 1. The zero-order chi connectivity index (χ0) is 20.4. The number of carbonyl (C=O) groups excluding carboxylic acids is 1. The second-order valence-electron chi connectivity index (χ2n) is 6.49. The fourth-order valence-corrected chi connectivity index (χ4v) is 3.90. The first kappa shape index (κ1) is 18.9. The third kappa shape index (κ3) is 4.05. The van der Waals surface area contributed by atoms with Gasteiger partial charge in [-0.25, -0.2) is 9.78 Å². The Hall–Kier alpha value is -3.45. The molecule has 0 spiro atoms. The Morgan fingerprint density at radius 3 is 2.79 bits per heavy atom. The molecule has 0 radical (unpaired) electrons. The zero-order valence-corrected chi connectivity index (χ0v) is 16.7. The van der Waals surface area contributed by atoms with E-state index in [1.54, 1.807) is 13.2 Å². The normalized spacial score (nSPS) is 11.4. The van der Waals surface area contributed by atoms with Gasteiger partial charge in [-0.15, -0.1) is 11.3 Å². The number of hydrogen-bond acceptors (Lipinski definition) is 6. The Morgan fingerprint density at radius 1 is 1.17 bits per heavy atom. The minimum Gasteiger partial charge on any atom is -0.497 e. The summed E-state index contributed by atoms with van der Waals surface area (Å²) in [6.07, 6.45) is 3.06. The molecule has 7 heteroatoms. The van der Waals surface area contributed by atoms with E-state index < -0.39 is 5.97 Å². The number of nitrogens with zero attached hydrogens (tertiary/aromatic N) is 2. The van der Waals surface area contributed by atoms with E-state index in [2.05, 4.69) is 4.98 Å². The quantitative estimate of drug-likeness (QED) is 0.370. The van der Waals surface area contributed by atoms with Crippen LogP contribution in [0.1, 0.15) is 17.0 Å². The highest BCUT2D eigenvalue weighted by molar-refractivity contribution is 7.15. The van der Waals surface area contributed by atoms with E-state index in [1.807, 2.05) is 48.7 Å². The van der Waals surface area contributed by atoms with Gasteiger partial charge in [0.25, 0.3) is 5.56 Å². The summed E-state index contributed by atoms with van der Waals surface area (Å²) >= 11 is 1.38. The van der Waals surface area contributed by atoms with Crippen molar-refractivity contribution in [3.05, 3.63) is 81.2 Å². The van der Waals surface area contributed by atoms with E-state index in [1.165, 1.54) is 27.9 Å². The summed E-state index contributed by atoms with van der Waals surface area (Å²) in [7, 11) is 1.63. The highest BCUT2D eigenvalue weighted by Gasteiger charge is 2.08. The van der Waals surface area contributed by atoms with Crippen LogP contribution in [-0.4, -0.2) is 22.5 Å². The van der Waals surface area contributed by atoms with Gasteiger partial charge in [-0.2, -0.15) is 0 Å². The molecule has 4 rings (SSSR count). The van der Waals surface area contributed by atoms with E-state index in [0.29, 0.717) is 10.7 Å². The van der Waals surface area contributed by atoms with Gasteiger partial charge in [0.1, 0.15) is 12.4 Å². The number of ether oxygens (including phenoxy) is 2. The van der Waals surface area contributed by atoms with Crippen molar-refractivity contribution < 1.29 is 14.3 Å². The summed E-state index contributed by atoms with van der Waals surface area (Å²) in [5.41, 5.74) is 1.97. The summed E-state index contributed by atoms with van der Waals surface area (Å²) in [4.78, 5) is 29.2. The van der Waals surface area contributed by atoms with Crippen LogP contribution in [0.25, 0.3) is 21.8 Å². The van der Waals surface area contributed by atoms with Crippen molar-refractivity contribution in [2.45, 2.75) is 13.5 Å². The summed E-state index contributed by atoms with van der Waals surface area (Å²) < 4.78 is 12.0. The van der Waals surface area contributed by atoms with Crippen molar-refractivity contribution in [2.24, 2.45) is 0 Å². The van der Waals surface area contributed by atoms with Crippen LogP contribution in [0.4, 0.5) is 0 Å². The summed E-state index contributed by atoms with van der Waals surface area (Å²) in [6.45, 7) is 1.80. The number of aromatic nitrogens is 2. The Morgan fingerprint density at radius 2 is 1.97 bits per heavy atom. The molecule has 2 aromatic carbocycles. The first-order valence-corrected chi connectivity index (χ1v) is 9.81. The van der Waals surface area contributed by atoms with Gasteiger partial charge in [0.15, 0.2) is 4.96 Å². The summed E-state index contributed by atoms with van der Waals surface area (Å²) in [5, 5.41) is 3.97. The molecule has 0 saturated heterocycles. The molecule has 29 heavy (non-hydrogen) atoms. The number of fused-ring (bicyclic) bond motifs is 2. The van der Waals surface area contributed by atoms with Gasteiger partial charge in [0, 0.05) is 23.2 Å². The first-order chi connectivity index (χ1) is 14.0. The molecule has 0 N–H and O–H groups in total. The van der Waals surface area contributed by atoms with Crippen LogP contribution in [0.2, 0.25) is 0 Å². The lowest BCUT2D eigenvalue weighted by Gasteiger charge is -2.04. The van der Waals surface area contributed by atoms with E-state index >= 15 is 0 Å². The van der Waals surface area contributed by atoms with Crippen molar-refractivity contribution >= 4 is 39.1 Å². The maximum absolute atomic E-state index is 12.2. The van der Waals surface area contributed by atoms with Gasteiger partial charge < -0.3 is 9.47 Å².